The normalized spacial score (nSPS) is 22.2. The van der Waals surface area contributed by atoms with Gasteiger partial charge in [-0.1, -0.05) is 6.08 Å². The fourth-order valence-corrected chi connectivity index (χ4v) is 3.25. The topological polar surface area (TPSA) is 36.1 Å². The average Bonchev–Trinajstić information content (AvgIpc) is 2.45. The highest BCUT2D eigenvalue weighted by atomic mass is 19.4. The first-order valence-electron chi connectivity index (χ1n) is 7.40. The van der Waals surface area contributed by atoms with E-state index in [2.05, 4.69) is 17.6 Å². The predicted molar refractivity (Wildman–Crippen MR) is 78.1 cm³/mol. The fraction of sp³-hybridized carbons (Fsp3) is 0.750. The van der Waals surface area contributed by atoms with Crippen LogP contribution in [0.25, 0.3) is 0 Å². The molecule has 1 atom stereocenters. The Bertz CT molecular complexity index is 410. The van der Waals surface area contributed by atoms with Crippen LogP contribution in [0.5, 0.6) is 0 Å². The quantitative estimate of drug-likeness (QED) is 0.631. The van der Waals surface area contributed by atoms with Crippen molar-refractivity contribution in [1.82, 2.24) is 0 Å². The molecule has 0 radical (unpaired) electrons. The molecule has 0 aromatic rings. The van der Waals surface area contributed by atoms with Crippen molar-refractivity contribution in [2.75, 3.05) is 7.05 Å². The van der Waals surface area contributed by atoms with Crippen molar-refractivity contribution < 1.29 is 13.2 Å². The van der Waals surface area contributed by atoms with Gasteiger partial charge in [0.05, 0.1) is 11.5 Å². The fourth-order valence-electron chi connectivity index (χ4n) is 3.25. The van der Waals surface area contributed by atoms with Crippen molar-refractivity contribution in [3.05, 3.63) is 12.7 Å². The van der Waals surface area contributed by atoms with Crippen LogP contribution in [0.3, 0.4) is 0 Å². The maximum Gasteiger partial charge on any atom is 0.389 e. The van der Waals surface area contributed by atoms with E-state index in [1.807, 2.05) is 0 Å². The molecule has 1 aliphatic carbocycles. The lowest BCUT2D eigenvalue weighted by Gasteiger charge is -2.37. The second-order valence-electron chi connectivity index (χ2n) is 5.79. The zero-order chi connectivity index (χ0) is 15.9. The molecular weight excluding hydrogens is 277 g/mol. The summed E-state index contributed by atoms with van der Waals surface area (Å²) >= 11 is 0. The Hall–Kier alpha value is -1.31. The van der Waals surface area contributed by atoms with Gasteiger partial charge < -0.3 is 0 Å². The molecule has 0 aromatic carbocycles. The molecule has 21 heavy (non-hydrogen) atoms. The van der Waals surface area contributed by atoms with E-state index in [0.717, 1.165) is 31.4 Å². The Morgan fingerprint density at radius 3 is 2.38 bits per heavy atom. The molecule has 1 fully saturated rings. The van der Waals surface area contributed by atoms with Crippen molar-refractivity contribution in [2.24, 2.45) is 16.3 Å². The molecule has 0 N–H and O–H groups in total. The number of alkyl halides is 3. The van der Waals surface area contributed by atoms with Crippen LogP contribution in [0.1, 0.15) is 51.4 Å². The predicted octanol–water partition coefficient (Wildman–Crippen LogP) is 5.07. The number of hydrogen-bond donors (Lipinski definition) is 0. The van der Waals surface area contributed by atoms with Gasteiger partial charge in [0, 0.05) is 19.2 Å². The molecule has 0 spiro atoms. The van der Waals surface area contributed by atoms with Gasteiger partial charge in [0.1, 0.15) is 0 Å². The van der Waals surface area contributed by atoms with Gasteiger partial charge in [-0.25, -0.2) is 0 Å². The maximum absolute atomic E-state index is 12.3. The first kappa shape index (κ1) is 17.7. The highest BCUT2D eigenvalue weighted by Gasteiger charge is 2.40. The molecule has 0 bridgehead atoms. The Morgan fingerprint density at radius 2 is 1.95 bits per heavy atom. The highest BCUT2D eigenvalue weighted by molar-refractivity contribution is 5.85. The lowest BCUT2D eigenvalue weighted by Crippen LogP contribution is -2.32. The SMILES string of the molecule is C=CCC(C#N)(CCCC(F)(F)F)C1CCC(=NC)CC1. The van der Waals surface area contributed by atoms with Gasteiger partial charge in [-0.15, -0.1) is 6.58 Å². The van der Waals surface area contributed by atoms with E-state index in [1.54, 1.807) is 13.1 Å². The molecule has 0 saturated heterocycles. The van der Waals surface area contributed by atoms with Crippen LogP contribution in [0.2, 0.25) is 0 Å². The van der Waals surface area contributed by atoms with E-state index in [0.29, 0.717) is 6.42 Å². The second kappa shape index (κ2) is 7.63. The van der Waals surface area contributed by atoms with Crippen molar-refractivity contribution in [2.45, 2.75) is 57.5 Å². The molecule has 1 saturated carbocycles. The third kappa shape index (κ3) is 5.18. The first-order chi connectivity index (χ1) is 9.87. The van der Waals surface area contributed by atoms with E-state index in [4.69, 9.17) is 0 Å². The zero-order valence-corrected chi connectivity index (χ0v) is 12.5. The van der Waals surface area contributed by atoms with Crippen LogP contribution in [-0.4, -0.2) is 18.9 Å². The van der Waals surface area contributed by atoms with Gasteiger partial charge in [0.2, 0.25) is 0 Å². The number of nitrogens with zero attached hydrogens (tertiary/aromatic N) is 2. The number of aliphatic imine (C=N–C) groups is 1. The molecule has 118 valence electrons. The molecule has 5 heteroatoms. The summed E-state index contributed by atoms with van der Waals surface area (Å²) in [5, 5.41) is 9.60. The number of halogens is 3. The Kier molecular flexibility index (Phi) is 6.44. The zero-order valence-electron chi connectivity index (χ0n) is 12.5. The van der Waals surface area contributed by atoms with E-state index < -0.39 is 18.0 Å². The average molecular weight is 300 g/mol. The Balaban J connectivity index is 2.74. The third-order valence-electron chi connectivity index (χ3n) is 4.47. The first-order valence-corrected chi connectivity index (χ1v) is 7.40. The van der Waals surface area contributed by atoms with Gasteiger partial charge in [0.15, 0.2) is 0 Å². The molecule has 1 unspecified atom stereocenters. The number of hydrogen-bond acceptors (Lipinski definition) is 2. The van der Waals surface area contributed by atoms with Gasteiger partial charge >= 0.3 is 6.18 Å². The molecule has 1 rings (SSSR count). The van der Waals surface area contributed by atoms with Crippen LogP contribution >= 0.6 is 0 Å². The molecule has 0 amide bonds. The van der Waals surface area contributed by atoms with Gasteiger partial charge in [0.25, 0.3) is 0 Å². The molecule has 2 nitrogen and oxygen atoms in total. The summed E-state index contributed by atoms with van der Waals surface area (Å²) in [4.78, 5) is 4.20. The van der Waals surface area contributed by atoms with Gasteiger partial charge in [-0.3, -0.25) is 4.99 Å². The summed E-state index contributed by atoms with van der Waals surface area (Å²) in [5.74, 6) is 0.138. The lowest BCUT2D eigenvalue weighted by molar-refractivity contribution is -0.136. The minimum atomic E-state index is -4.15. The maximum atomic E-state index is 12.3. The second-order valence-corrected chi connectivity index (χ2v) is 5.79. The van der Waals surface area contributed by atoms with Crippen LogP contribution in [-0.2, 0) is 0 Å². The van der Waals surface area contributed by atoms with Crippen LogP contribution in [0.4, 0.5) is 13.2 Å². The number of rotatable bonds is 6. The van der Waals surface area contributed by atoms with E-state index in [-0.39, 0.29) is 18.8 Å². The van der Waals surface area contributed by atoms with Crippen molar-refractivity contribution in [3.8, 4) is 6.07 Å². The van der Waals surface area contributed by atoms with Crippen molar-refractivity contribution in [1.29, 1.82) is 5.26 Å². The standard InChI is InChI=1S/C16H23F3N2/c1-3-9-15(12-20,10-4-11-16(17,18)19)13-5-7-14(21-2)8-6-13/h3,13H,1,4-11H2,2H3. The molecule has 0 aromatic heterocycles. The largest absolute Gasteiger partial charge is 0.389 e. The van der Waals surface area contributed by atoms with Crippen LogP contribution in [0, 0.1) is 22.7 Å². The summed E-state index contributed by atoms with van der Waals surface area (Å²) in [5.41, 5.74) is 0.443. The smallest absolute Gasteiger partial charge is 0.297 e. The summed E-state index contributed by atoms with van der Waals surface area (Å²) in [7, 11) is 1.76. The lowest BCUT2D eigenvalue weighted by atomic mass is 9.65. The van der Waals surface area contributed by atoms with Crippen molar-refractivity contribution >= 4 is 5.71 Å². The Morgan fingerprint density at radius 1 is 1.33 bits per heavy atom. The van der Waals surface area contributed by atoms with Gasteiger partial charge in [-0.05, 0) is 50.9 Å². The highest BCUT2D eigenvalue weighted by Crippen LogP contribution is 2.44. The summed E-state index contributed by atoms with van der Waals surface area (Å²) < 4.78 is 37.0. The summed E-state index contributed by atoms with van der Waals surface area (Å²) in [6.07, 6.45) is 0.827. The molecule has 0 heterocycles. The van der Waals surface area contributed by atoms with E-state index >= 15 is 0 Å². The van der Waals surface area contributed by atoms with Gasteiger partial charge in [-0.2, -0.15) is 18.4 Å². The Labute approximate surface area is 124 Å². The number of nitriles is 1. The minimum Gasteiger partial charge on any atom is -0.297 e. The monoisotopic (exact) mass is 300 g/mol. The van der Waals surface area contributed by atoms with Crippen LogP contribution in [0.15, 0.2) is 17.6 Å². The third-order valence-corrected chi connectivity index (χ3v) is 4.47. The van der Waals surface area contributed by atoms with Crippen molar-refractivity contribution in [3.63, 3.8) is 0 Å². The van der Waals surface area contributed by atoms with Crippen LogP contribution < -0.4 is 0 Å². The molecule has 1 aliphatic rings. The van der Waals surface area contributed by atoms with E-state index in [9.17, 15) is 18.4 Å². The molecular formula is C16H23F3N2. The summed E-state index contributed by atoms with van der Waals surface area (Å²) in [6.45, 7) is 3.68. The summed E-state index contributed by atoms with van der Waals surface area (Å²) in [6, 6.07) is 2.33. The van der Waals surface area contributed by atoms with E-state index in [1.165, 1.54) is 0 Å². The molecule has 0 aliphatic heterocycles. The number of allylic oxidation sites excluding steroid dienone is 1. The minimum absolute atomic E-state index is 0.0100.